The van der Waals surface area contributed by atoms with Crippen molar-refractivity contribution in [3.05, 3.63) is 85.8 Å². The molecule has 0 bridgehead atoms. The van der Waals surface area contributed by atoms with Gasteiger partial charge in [0.2, 0.25) is 0 Å². The van der Waals surface area contributed by atoms with Crippen LogP contribution < -0.4 is 19.5 Å². The number of rotatable bonds is 7. The molecule has 0 saturated carbocycles. The van der Waals surface area contributed by atoms with Crippen molar-refractivity contribution in [1.82, 2.24) is 0 Å². The van der Waals surface area contributed by atoms with Crippen molar-refractivity contribution in [2.75, 3.05) is 19.5 Å². The number of amides is 1. The fourth-order valence-electron chi connectivity index (χ4n) is 2.90. The summed E-state index contributed by atoms with van der Waals surface area (Å²) in [7, 11) is 2.93. The van der Waals surface area contributed by atoms with Crippen molar-refractivity contribution in [2.24, 2.45) is 0 Å². The molecule has 1 amide bonds. The molecule has 1 N–H and O–H groups in total. The highest BCUT2D eigenvalue weighted by molar-refractivity contribution is 9.10. The van der Waals surface area contributed by atoms with Gasteiger partial charge in [-0.2, -0.15) is 5.26 Å². The molecule has 0 aliphatic heterocycles. The van der Waals surface area contributed by atoms with Gasteiger partial charge in [0.1, 0.15) is 17.4 Å². The molecule has 0 saturated heterocycles. The summed E-state index contributed by atoms with van der Waals surface area (Å²) < 4.78 is 16.4. The van der Waals surface area contributed by atoms with Gasteiger partial charge in [0, 0.05) is 5.02 Å². The van der Waals surface area contributed by atoms with E-state index in [0.717, 1.165) is 0 Å². The summed E-state index contributed by atoms with van der Waals surface area (Å²) in [6.07, 6.45) is 1.36. The highest BCUT2D eigenvalue weighted by atomic mass is 79.9. The van der Waals surface area contributed by atoms with Crippen LogP contribution in [0.15, 0.2) is 64.6 Å². The Morgan fingerprint density at radius 2 is 1.74 bits per heavy atom. The van der Waals surface area contributed by atoms with Crippen LogP contribution in [0.2, 0.25) is 10.0 Å². The molecule has 3 aromatic rings. The smallest absolute Gasteiger partial charge is 0.343 e. The molecule has 0 aliphatic rings. The van der Waals surface area contributed by atoms with E-state index in [1.165, 1.54) is 38.5 Å². The number of hydrogen-bond donors (Lipinski definition) is 1. The molecular weight excluding hydrogens is 559 g/mol. The van der Waals surface area contributed by atoms with Crippen LogP contribution >= 0.6 is 39.1 Å². The lowest BCUT2D eigenvalue weighted by Gasteiger charge is -2.13. The minimum Gasteiger partial charge on any atom is -0.497 e. The number of methoxy groups -OCH3 is 2. The Kier molecular flexibility index (Phi) is 8.77. The number of nitrogens with zero attached hydrogens (tertiary/aromatic N) is 1. The van der Waals surface area contributed by atoms with Crippen LogP contribution in [0, 0.1) is 11.3 Å². The van der Waals surface area contributed by atoms with Gasteiger partial charge in [-0.25, -0.2) is 4.79 Å². The van der Waals surface area contributed by atoms with Crippen LogP contribution in [0.4, 0.5) is 5.69 Å². The molecule has 0 heterocycles. The van der Waals surface area contributed by atoms with Crippen LogP contribution in [0.5, 0.6) is 17.2 Å². The Hall–Kier alpha value is -3.51. The number of carbonyl (C=O) groups excluding carboxylic acids is 2. The Labute approximate surface area is 219 Å². The molecule has 0 radical (unpaired) electrons. The predicted molar refractivity (Wildman–Crippen MR) is 137 cm³/mol. The van der Waals surface area contributed by atoms with Crippen LogP contribution in [0.1, 0.15) is 15.9 Å². The van der Waals surface area contributed by atoms with Crippen molar-refractivity contribution >= 4 is 62.8 Å². The van der Waals surface area contributed by atoms with Gasteiger partial charge in [0.15, 0.2) is 11.5 Å². The second-order valence-corrected chi connectivity index (χ2v) is 8.60. The average Bonchev–Trinajstić information content (AvgIpc) is 2.85. The molecule has 3 aromatic carbocycles. The first-order valence-electron chi connectivity index (χ1n) is 9.87. The first kappa shape index (κ1) is 26.1. The van der Waals surface area contributed by atoms with Gasteiger partial charge >= 0.3 is 5.97 Å². The Morgan fingerprint density at radius 1 is 1.03 bits per heavy atom. The number of carbonyl (C=O) groups is 2. The molecule has 0 fully saturated rings. The summed E-state index contributed by atoms with van der Waals surface area (Å²) in [5.74, 6) is -0.333. The predicted octanol–water partition coefficient (Wildman–Crippen LogP) is 6.54. The lowest BCUT2D eigenvalue weighted by atomic mass is 10.1. The van der Waals surface area contributed by atoms with E-state index in [2.05, 4.69) is 21.2 Å². The minimum absolute atomic E-state index is 0.138. The van der Waals surface area contributed by atoms with Crippen LogP contribution in [-0.2, 0) is 4.79 Å². The van der Waals surface area contributed by atoms with Crippen molar-refractivity contribution in [2.45, 2.75) is 0 Å². The zero-order valence-corrected chi connectivity index (χ0v) is 21.5. The Bertz CT molecular complexity index is 1350. The zero-order chi connectivity index (χ0) is 25.5. The molecule has 10 heteroatoms. The minimum atomic E-state index is -0.679. The van der Waals surface area contributed by atoms with E-state index in [0.29, 0.717) is 26.4 Å². The number of benzene rings is 3. The first-order chi connectivity index (χ1) is 16.7. The van der Waals surface area contributed by atoms with Crippen molar-refractivity contribution in [3.63, 3.8) is 0 Å². The van der Waals surface area contributed by atoms with Gasteiger partial charge in [0.05, 0.1) is 35.0 Å². The third-order valence-corrected chi connectivity index (χ3v) is 5.78. The van der Waals surface area contributed by atoms with Crippen molar-refractivity contribution in [1.29, 1.82) is 5.26 Å². The van der Waals surface area contributed by atoms with Gasteiger partial charge in [0.25, 0.3) is 5.91 Å². The molecule has 0 spiro atoms. The molecule has 178 valence electrons. The number of esters is 1. The summed E-state index contributed by atoms with van der Waals surface area (Å²) in [6.45, 7) is 0. The van der Waals surface area contributed by atoms with Gasteiger partial charge in [-0.3, -0.25) is 4.79 Å². The summed E-state index contributed by atoms with van der Waals surface area (Å²) in [6, 6.07) is 16.0. The first-order valence-corrected chi connectivity index (χ1v) is 11.4. The van der Waals surface area contributed by atoms with Gasteiger partial charge in [-0.1, -0.05) is 23.2 Å². The lowest BCUT2D eigenvalue weighted by molar-refractivity contribution is -0.112. The number of ether oxygens (including phenoxy) is 3. The normalized spacial score (nSPS) is 10.8. The fourth-order valence-corrected chi connectivity index (χ4v) is 3.78. The lowest BCUT2D eigenvalue weighted by Crippen LogP contribution is -2.13. The molecule has 35 heavy (non-hydrogen) atoms. The maximum absolute atomic E-state index is 12.6. The average molecular weight is 576 g/mol. The van der Waals surface area contributed by atoms with E-state index in [9.17, 15) is 14.9 Å². The van der Waals surface area contributed by atoms with Crippen LogP contribution in [-0.4, -0.2) is 26.1 Å². The standard InChI is InChI=1S/C25H17BrCl2N2O5/c1-33-18-6-3-15(4-7-18)25(32)35-23-19(26)10-14(11-22(23)34-2)9-16(13-29)24(31)30-21-12-17(27)5-8-20(21)28/h3-12H,1-2H3,(H,30,31)/b16-9+. The van der Waals surface area contributed by atoms with Crippen molar-refractivity contribution < 1.29 is 23.8 Å². The summed E-state index contributed by atoms with van der Waals surface area (Å²) in [4.78, 5) is 25.2. The summed E-state index contributed by atoms with van der Waals surface area (Å²) in [5.41, 5.74) is 0.830. The van der Waals surface area contributed by atoms with E-state index in [1.54, 1.807) is 36.4 Å². The quantitative estimate of drug-likeness (QED) is 0.149. The largest absolute Gasteiger partial charge is 0.497 e. The van der Waals surface area contributed by atoms with E-state index in [-0.39, 0.29) is 27.8 Å². The highest BCUT2D eigenvalue weighted by Gasteiger charge is 2.18. The monoisotopic (exact) mass is 574 g/mol. The SMILES string of the molecule is COc1ccc(C(=O)Oc2c(Br)cc(/C=C(\C#N)C(=O)Nc3cc(Cl)ccc3Cl)cc2OC)cc1. The topological polar surface area (TPSA) is 97.7 Å². The van der Waals surface area contributed by atoms with Gasteiger partial charge < -0.3 is 19.5 Å². The number of hydrogen-bond acceptors (Lipinski definition) is 6. The second kappa shape index (κ2) is 11.8. The third-order valence-electron chi connectivity index (χ3n) is 4.62. The molecule has 0 unspecified atom stereocenters. The number of halogens is 3. The maximum atomic E-state index is 12.6. The molecule has 7 nitrogen and oxygen atoms in total. The highest BCUT2D eigenvalue weighted by Crippen LogP contribution is 2.38. The van der Waals surface area contributed by atoms with E-state index < -0.39 is 11.9 Å². The zero-order valence-electron chi connectivity index (χ0n) is 18.4. The van der Waals surface area contributed by atoms with Crippen LogP contribution in [0.25, 0.3) is 6.08 Å². The molecule has 0 aromatic heterocycles. The second-order valence-electron chi connectivity index (χ2n) is 6.90. The fraction of sp³-hybridized carbons (Fsp3) is 0.0800. The van der Waals surface area contributed by atoms with Crippen molar-refractivity contribution in [3.8, 4) is 23.3 Å². The van der Waals surface area contributed by atoms with E-state index in [4.69, 9.17) is 37.4 Å². The van der Waals surface area contributed by atoms with Crippen LogP contribution in [0.3, 0.4) is 0 Å². The summed E-state index contributed by atoms with van der Waals surface area (Å²) in [5, 5.41) is 12.7. The number of nitriles is 1. The summed E-state index contributed by atoms with van der Waals surface area (Å²) >= 11 is 15.4. The number of anilines is 1. The molecule has 0 atom stereocenters. The molecule has 3 rings (SSSR count). The molecule has 0 aliphatic carbocycles. The Balaban J connectivity index is 1.86. The molecular formula is C25H17BrCl2N2O5. The Morgan fingerprint density at radius 3 is 2.37 bits per heavy atom. The van der Waals surface area contributed by atoms with E-state index >= 15 is 0 Å². The van der Waals surface area contributed by atoms with Gasteiger partial charge in [-0.15, -0.1) is 0 Å². The third kappa shape index (κ3) is 6.55. The van der Waals surface area contributed by atoms with Gasteiger partial charge in [-0.05, 0) is 82.2 Å². The van der Waals surface area contributed by atoms with E-state index in [1.807, 2.05) is 6.07 Å². The maximum Gasteiger partial charge on any atom is 0.343 e. The number of nitrogens with one attached hydrogen (secondary N) is 1.